The molecule has 0 amide bonds. The van der Waals surface area contributed by atoms with Crippen molar-refractivity contribution < 1.29 is 0 Å². The lowest BCUT2D eigenvalue weighted by molar-refractivity contribution is 0.358. The van der Waals surface area contributed by atoms with Gasteiger partial charge in [0.15, 0.2) is 5.82 Å². The summed E-state index contributed by atoms with van der Waals surface area (Å²) in [7, 11) is 1.96. The van der Waals surface area contributed by atoms with Crippen LogP contribution in [0, 0.1) is 5.41 Å². The van der Waals surface area contributed by atoms with E-state index in [1.807, 2.05) is 23.4 Å². The van der Waals surface area contributed by atoms with E-state index in [1.54, 1.807) is 6.33 Å². The van der Waals surface area contributed by atoms with Crippen LogP contribution in [0.2, 0.25) is 0 Å². The summed E-state index contributed by atoms with van der Waals surface area (Å²) < 4.78 is 1.93. The molecule has 1 aromatic heterocycles. The maximum absolute atomic E-state index is 4.14. The molecule has 0 saturated carbocycles. The summed E-state index contributed by atoms with van der Waals surface area (Å²) in [4.78, 5) is 0. The van der Waals surface area contributed by atoms with Crippen molar-refractivity contribution in [3.63, 3.8) is 0 Å². The second kappa shape index (κ2) is 5.72. The van der Waals surface area contributed by atoms with Gasteiger partial charge in [0, 0.05) is 30.1 Å². The standard InChI is InChI=1S/C16H22N4S/c1-16(2)8-14(9-21-10-16)18-13-6-4-12(5-7-13)15-19-17-11-20(15)3/h4-7,11,14,18H,8-10H2,1-3H3. The van der Waals surface area contributed by atoms with Crippen LogP contribution in [-0.2, 0) is 7.05 Å². The number of benzene rings is 1. The molecule has 4 nitrogen and oxygen atoms in total. The van der Waals surface area contributed by atoms with E-state index in [1.165, 1.54) is 23.6 Å². The fourth-order valence-corrected chi connectivity index (χ4v) is 4.12. The Labute approximate surface area is 130 Å². The van der Waals surface area contributed by atoms with Crippen LogP contribution in [-0.4, -0.2) is 32.3 Å². The molecule has 1 N–H and O–H groups in total. The van der Waals surface area contributed by atoms with Gasteiger partial charge in [-0.3, -0.25) is 0 Å². The van der Waals surface area contributed by atoms with Gasteiger partial charge in [-0.05, 0) is 41.9 Å². The van der Waals surface area contributed by atoms with E-state index >= 15 is 0 Å². The molecule has 1 aromatic carbocycles. The van der Waals surface area contributed by atoms with E-state index in [9.17, 15) is 0 Å². The highest BCUT2D eigenvalue weighted by molar-refractivity contribution is 7.99. The lowest BCUT2D eigenvalue weighted by Gasteiger charge is -2.35. The number of aromatic nitrogens is 3. The first-order chi connectivity index (χ1) is 10.0. The topological polar surface area (TPSA) is 42.7 Å². The number of hydrogen-bond donors (Lipinski definition) is 1. The summed E-state index contributed by atoms with van der Waals surface area (Å²) in [6.07, 6.45) is 2.95. The van der Waals surface area contributed by atoms with Gasteiger partial charge in [-0.25, -0.2) is 0 Å². The van der Waals surface area contributed by atoms with E-state index in [4.69, 9.17) is 0 Å². The summed E-state index contributed by atoms with van der Waals surface area (Å²) in [5, 5.41) is 11.7. The number of rotatable bonds is 3. The third-order valence-electron chi connectivity index (χ3n) is 3.84. The van der Waals surface area contributed by atoms with Crippen LogP contribution < -0.4 is 5.32 Å². The van der Waals surface area contributed by atoms with Gasteiger partial charge in [0.25, 0.3) is 0 Å². The first kappa shape index (κ1) is 14.4. The van der Waals surface area contributed by atoms with Crippen molar-refractivity contribution in [1.82, 2.24) is 14.8 Å². The first-order valence-corrected chi connectivity index (χ1v) is 8.48. The molecule has 2 aromatic rings. The van der Waals surface area contributed by atoms with E-state index < -0.39 is 0 Å². The Bertz CT molecular complexity index is 603. The number of anilines is 1. The molecule has 1 aliphatic heterocycles. The van der Waals surface area contributed by atoms with Crippen molar-refractivity contribution >= 4 is 17.4 Å². The minimum absolute atomic E-state index is 0.430. The molecule has 1 aliphatic rings. The smallest absolute Gasteiger partial charge is 0.163 e. The van der Waals surface area contributed by atoms with Gasteiger partial charge >= 0.3 is 0 Å². The molecule has 0 bridgehead atoms. The highest BCUT2D eigenvalue weighted by atomic mass is 32.2. The van der Waals surface area contributed by atoms with Crippen molar-refractivity contribution in [2.75, 3.05) is 16.8 Å². The van der Waals surface area contributed by atoms with Gasteiger partial charge in [-0.1, -0.05) is 13.8 Å². The third-order valence-corrected chi connectivity index (χ3v) is 5.46. The maximum atomic E-state index is 4.14. The largest absolute Gasteiger partial charge is 0.381 e. The normalized spacial score (nSPS) is 21.2. The third kappa shape index (κ3) is 3.40. The van der Waals surface area contributed by atoms with Crippen molar-refractivity contribution in [2.24, 2.45) is 12.5 Å². The van der Waals surface area contributed by atoms with Gasteiger partial charge in [0.1, 0.15) is 6.33 Å². The number of aryl methyl sites for hydroxylation is 1. The Kier molecular flexibility index (Phi) is 3.93. The van der Waals surface area contributed by atoms with E-state index in [2.05, 4.69) is 53.6 Å². The second-order valence-electron chi connectivity index (χ2n) is 6.57. The van der Waals surface area contributed by atoms with Crippen LogP contribution in [0.15, 0.2) is 30.6 Å². The lowest BCUT2D eigenvalue weighted by Crippen LogP contribution is -2.35. The molecule has 1 fully saturated rings. The summed E-state index contributed by atoms with van der Waals surface area (Å²) in [6.45, 7) is 4.70. The Hall–Kier alpha value is -1.49. The van der Waals surface area contributed by atoms with Crippen molar-refractivity contribution in [3.05, 3.63) is 30.6 Å². The molecule has 5 heteroatoms. The summed E-state index contributed by atoms with van der Waals surface area (Å²) >= 11 is 2.05. The monoisotopic (exact) mass is 302 g/mol. The maximum Gasteiger partial charge on any atom is 0.163 e. The molecule has 0 radical (unpaired) electrons. The van der Waals surface area contributed by atoms with Crippen molar-refractivity contribution in [2.45, 2.75) is 26.3 Å². The molecule has 1 unspecified atom stereocenters. The molecule has 112 valence electrons. The first-order valence-electron chi connectivity index (χ1n) is 7.32. The van der Waals surface area contributed by atoms with Crippen LogP contribution in [0.25, 0.3) is 11.4 Å². The number of thioether (sulfide) groups is 1. The van der Waals surface area contributed by atoms with E-state index in [0.29, 0.717) is 11.5 Å². The van der Waals surface area contributed by atoms with Crippen LogP contribution in [0.4, 0.5) is 5.69 Å². The number of nitrogens with one attached hydrogen (secondary N) is 1. The average Bonchev–Trinajstić information content (AvgIpc) is 2.85. The molecule has 1 atom stereocenters. The Morgan fingerprint density at radius 1 is 1.29 bits per heavy atom. The minimum atomic E-state index is 0.430. The minimum Gasteiger partial charge on any atom is -0.381 e. The molecule has 3 rings (SSSR count). The quantitative estimate of drug-likeness (QED) is 0.943. The Balaban J connectivity index is 1.69. The summed E-state index contributed by atoms with van der Waals surface area (Å²) in [6, 6.07) is 9.03. The van der Waals surface area contributed by atoms with E-state index in [-0.39, 0.29) is 0 Å². The summed E-state index contributed by atoms with van der Waals surface area (Å²) in [5.41, 5.74) is 2.71. The van der Waals surface area contributed by atoms with Crippen molar-refractivity contribution in [1.29, 1.82) is 0 Å². The van der Waals surface area contributed by atoms with Gasteiger partial charge in [-0.15, -0.1) is 10.2 Å². The van der Waals surface area contributed by atoms with Gasteiger partial charge < -0.3 is 9.88 Å². The fraction of sp³-hybridized carbons (Fsp3) is 0.500. The lowest BCUT2D eigenvalue weighted by atomic mass is 9.88. The summed E-state index contributed by atoms with van der Waals surface area (Å²) in [5.74, 6) is 3.35. The van der Waals surface area contributed by atoms with Crippen LogP contribution in [0.1, 0.15) is 20.3 Å². The SMILES string of the molecule is Cn1cnnc1-c1ccc(NC2CSCC(C)(C)C2)cc1. The zero-order valence-corrected chi connectivity index (χ0v) is 13.7. The number of hydrogen-bond acceptors (Lipinski definition) is 4. The highest BCUT2D eigenvalue weighted by Gasteiger charge is 2.28. The zero-order valence-electron chi connectivity index (χ0n) is 12.8. The molecule has 1 saturated heterocycles. The molecule has 2 heterocycles. The zero-order chi connectivity index (χ0) is 14.9. The number of nitrogens with zero attached hydrogens (tertiary/aromatic N) is 3. The van der Waals surface area contributed by atoms with Crippen molar-refractivity contribution in [3.8, 4) is 11.4 Å². The molecular weight excluding hydrogens is 280 g/mol. The van der Waals surface area contributed by atoms with Crippen LogP contribution in [0.3, 0.4) is 0 Å². The second-order valence-corrected chi connectivity index (χ2v) is 7.60. The average molecular weight is 302 g/mol. The predicted octanol–water partition coefficient (Wildman–Crippen LogP) is 3.43. The Morgan fingerprint density at radius 2 is 2.05 bits per heavy atom. The fourth-order valence-electron chi connectivity index (χ4n) is 2.85. The predicted molar refractivity (Wildman–Crippen MR) is 89.6 cm³/mol. The van der Waals surface area contributed by atoms with Crippen LogP contribution >= 0.6 is 11.8 Å². The molecule has 21 heavy (non-hydrogen) atoms. The molecule has 0 spiro atoms. The van der Waals surface area contributed by atoms with E-state index in [0.717, 1.165) is 11.4 Å². The Morgan fingerprint density at radius 3 is 2.67 bits per heavy atom. The molecule has 0 aliphatic carbocycles. The van der Waals surface area contributed by atoms with Gasteiger partial charge in [0.2, 0.25) is 0 Å². The van der Waals surface area contributed by atoms with Crippen LogP contribution in [0.5, 0.6) is 0 Å². The van der Waals surface area contributed by atoms with Gasteiger partial charge in [0.05, 0.1) is 0 Å². The highest BCUT2D eigenvalue weighted by Crippen LogP contribution is 2.34. The molecular formula is C16H22N4S. The van der Waals surface area contributed by atoms with Gasteiger partial charge in [-0.2, -0.15) is 11.8 Å².